The third-order valence-electron chi connectivity index (χ3n) is 8.32. The third-order valence-corrected chi connectivity index (χ3v) is 8.32. The molecular weight excluding hydrogens is 640 g/mol. The number of aliphatic carboxylic acids is 2. The summed E-state index contributed by atoms with van der Waals surface area (Å²) in [5.41, 5.74) is 7.04. The molecule has 2 fully saturated rings. The molecule has 1 saturated carbocycles. The number of imide groups is 1. The van der Waals surface area contributed by atoms with Gasteiger partial charge in [-0.05, 0) is 36.1 Å². The highest BCUT2D eigenvalue weighted by atomic mass is 19.4. The van der Waals surface area contributed by atoms with Crippen molar-refractivity contribution >= 4 is 40.7 Å². The van der Waals surface area contributed by atoms with E-state index in [0.29, 0.717) is 19.6 Å². The van der Waals surface area contributed by atoms with Crippen molar-refractivity contribution in [3.8, 4) is 0 Å². The first-order valence-corrected chi connectivity index (χ1v) is 14.0. The molecule has 2 aromatic rings. The van der Waals surface area contributed by atoms with Crippen LogP contribution in [0.1, 0.15) is 25.0 Å². The molecule has 2 aromatic carbocycles. The number of amides is 2. The zero-order chi connectivity index (χ0) is 35.5. The zero-order valence-corrected chi connectivity index (χ0v) is 25.0. The van der Waals surface area contributed by atoms with Gasteiger partial charge in [-0.2, -0.15) is 26.3 Å². The van der Waals surface area contributed by atoms with Gasteiger partial charge in [0.15, 0.2) is 5.78 Å². The lowest BCUT2D eigenvalue weighted by atomic mass is 9.63. The number of allylic oxidation sites excluding steroid dienone is 2. The summed E-state index contributed by atoms with van der Waals surface area (Å²) in [6, 6.07) is 19.6. The van der Waals surface area contributed by atoms with Gasteiger partial charge in [0.05, 0.1) is 22.7 Å². The number of carboxylic acids is 2. The van der Waals surface area contributed by atoms with Crippen LogP contribution in [0.25, 0.3) is 11.1 Å². The molecule has 16 heteroatoms. The summed E-state index contributed by atoms with van der Waals surface area (Å²) in [6.45, 7) is 5.62. The number of hydrogen-bond acceptors (Lipinski definition) is 7. The number of benzene rings is 2. The van der Waals surface area contributed by atoms with E-state index >= 15 is 0 Å². The normalized spacial score (nSPS) is 24.8. The van der Waals surface area contributed by atoms with Crippen LogP contribution in [0.3, 0.4) is 0 Å². The fraction of sp³-hybridized carbons (Fsp3) is 0.387. The Labute approximate surface area is 264 Å². The van der Waals surface area contributed by atoms with Crippen molar-refractivity contribution in [3.63, 3.8) is 0 Å². The Morgan fingerprint density at radius 2 is 1.09 bits per heavy atom. The number of carboxylic acid groups (broad SMARTS) is 2. The Morgan fingerprint density at radius 1 is 0.745 bits per heavy atom. The number of hydrogen-bond donors (Lipinski definition) is 4. The van der Waals surface area contributed by atoms with Gasteiger partial charge in [-0.25, -0.2) is 9.59 Å². The minimum atomic E-state index is -5.08. The van der Waals surface area contributed by atoms with Gasteiger partial charge in [-0.1, -0.05) is 60.7 Å². The smallest absolute Gasteiger partial charge is 0.475 e. The van der Waals surface area contributed by atoms with Crippen LogP contribution in [0.15, 0.2) is 60.7 Å². The minimum Gasteiger partial charge on any atom is -0.475 e. The monoisotopic (exact) mass is 671 g/mol. The first kappa shape index (κ1) is 36.9. The van der Waals surface area contributed by atoms with Crippen molar-refractivity contribution in [1.29, 1.82) is 0 Å². The molecule has 5 rings (SSSR count). The van der Waals surface area contributed by atoms with Crippen LogP contribution in [0.4, 0.5) is 26.3 Å². The maximum Gasteiger partial charge on any atom is 0.490 e. The number of carbonyl (C=O) groups excluding carboxylic acids is 3. The standard InChI is InChI=1S/C27H29N3O3.2C2HF3O2/c1-26-19(17-9-5-3-6-10-17)20(18-11-7-4-8-12-18)27(2,25(26)33)22-21(26)23(31)30(24(22)32)16-15-29-14-13-28;2*3-2(4,5)1(6)7/h3-12,21-22,29H,13-16,28H2,1-2H3;2*(H,6,7). The molecule has 10 nitrogen and oxygen atoms in total. The van der Waals surface area contributed by atoms with Gasteiger partial charge in [0.1, 0.15) is 0 Å². The minimum absolute atomic E-state index is 0.0229. The Morgan fingerprint density at radius 3 is 1.38 bits per heavy atom. The van der Waals surface area contributed by atoms with Gasteiger partial charge in [0.25, 0.3) is 0 Å². The summed E-state index contributed by atoms with van der Waals surface area (Å²) < 4.78 is 63.5. The summed E-state index contributed by atoms with van der Waals surface area (Å²) in [5.74, 6) is -7.37. The van der Waals surface area contributed by atoms with Crippen LogP contribution in [0, 0.1) is 22.7 Å². The largest absolute Gasteiger partial charge is 0.490 e. The molecule has 0 radical (unpaired) electrons. The van der Waals surface area contributed by atoms with E-state index in [0.717, 1.165) is 22.3 Å². The molecule has 5 N–H and O–H groups in total. The third kappa shape index (κ3) is 6.79. The second-order valence-corrected chi connectivity index (χ2v) is 11.1. The molecule has 4 unspecified atom stereocenters. The van der Waals surface area contributed by atoms with E-state index < -0.39 is 47.0 Å². The Hall–Kier alpha value is -4.57. The summed E-state index contributed by atoms with van der Waals surface area (Å²) in [7, 11) is 0. The van der Waals surface area contributed by atoms with Crippen molar-refractivity contribution in [2.45, 2.75) is 26.2 Å². The van der Waals surface area contributed by atoms with E-state index in [-0.39, 0.29) is 24.1 Å². The Kier molecular flexibility index (Phi) is 10.7. The number of alkyl halides is 6. The van der Waals surface area contributed by atoms with Crippen LogP contribution in [0.5, 0.6) is 0 Å². The van der Waals surface area contributed by atoms with Crippen molar-refractivity contribution < 1.29 is 60.5 Å². The number of nitrogens with two attached hydrogens (primary N) is 1. The quantitative estimate of drug-likeness (QED) is 0.195. The van der Waals surface area contributed by atoms with E-state index in [1.807, 2.05) is 74.5 Å². The maximum absolute atomic E-state index is 14.1. The fourth-order valence-corrected chi connectivity index (χ4v) is 6.51. The van der Waals surface area contributed by atoms with Crippen LogP contribution in [-0.4, -0.2) is 83.2 Å². The lowest BCUT2D eigenvalue weighted by Gasteiger charge is -2.35. The predicted octanol–water partition coefficient (Wildman–Crippen LogP) is 3.62. The molecule has 1 aliphatic heterocycles. The maximum atomic E-state index is 14.1. The van der Waals surface area contributed by atoms with Crippen molar-refractivity contribution in [2.24, 2.45) is 28.4 Å². The van der Waals surface area contributed by atoms with E-state index in [9.17, 15) is 40.7 Å². The van der Waals surface area contributed by atoms with Crippen molar-refractivity contribution in [3.05, 3.63) is 71.8 Å². The summed E-state index contributed by atoms with van der Waals surface area (Å²) in [6.07, 6.45) is -10.2. The number of ketones is 1. The second kappa shape index (κ2) is 13.7. The van der Waals surface area contributed by atoms with Gasteiger partial charge >= 0.3 is 24.3 Å². The topological polar surface area (TPSA) is 167 Å². The Balaban J connectivity index is 0.000000360. The highest BCUT2D eigenvalue weighted by Gasteiger charge is 2.78. The number of halogens is 6. The number of nitrogens with one attached hydrogen (secondary N) is 1. The number of fused-ring (bicyclic) bond motifs is 5. The second-order valence-electron chi connectivity index (χ2n) is 11.1. The predicted molar refractivity (Wildman–Crippen MR) is 154 cm³/mol. The lowest BCUT2D eigenvalue weighted by molar-refractivity contribution is -0.193. The Bertz CT molecular complexity index is 1460. The number of Topliss-reactive ketones (excluding diaryl/α,β-unsaturated/α-hetero) is 1. The highest BCUT2D eigenvalue weighted by molar-refractivity contribution is 6.29. The first-order valence-electron chi connectivity index (χ1n) is 14.0. The fourth-order valence-electron chi connectivity index (χ4n) is 6.51. The van der Waals surface area contributed by atoms with E-state index in [1.165, 1.54) is 4.90 Å². The molecule has 47 heavy (non-hydrogen) atoms. The number of nitrogens with zero attached hydrogens (tertiary/aromatic N) is 1. The molecule has 0 aromatic heterocycles. The molecule has 2 amide bonds. The molecule has 4 atom stereocenters. The molecule has 1 saturated heterocycles. The molecular formula is C31H31F6N3O7. The average Bonchev–Trinajstić information content (AvgIpc) is 3.44. The number of likely N-dealkylation sites (tertiary alicyclic amines) is 1. The van der Waals surface area contributed by atoms with Gasteiger partial charge in [0.2, 0.25) is 11.8 Å². The van der Waals surface area contributed by atoms with Crippen molar-refractivity contribution in [2.75, 3.05) is 26.2 Å². The molecule has 254 valence electrons. The first-order chi connectivity index (χ1) is 21.8. The number of carbonyl (C=O) groups is 5. The number of rotatable bonds is 7. The summed E-state index contributed by atoms with van der Waals surface area (Å²) in [5, 5.41) is 17.4. The van der Waals surface area contributed by atoms with Gasteiger partial charge in [-0.3, -0.25) is 19.3 Å². The molecule has 0 spiro atoms. The van der Waals surface area contributed by atoms with Gasteiger partial charge in [-0.15, -0.1) is 0 Å². The van der Waals surface area contributed by atoms with Gasteiger partial charge in [0, 0.05) is 26.2 Å². The molecule has 2 aliphatic carbocycles. The van der Waals surface area contributed by atoms with Gasteiger partial charge < -0.3 is 21.3 Å². The van der Waals surface area contributed by atoms with Crippen LogP contribution in [0.2, 0.25) is 0 Å². The van der Waals surface area contributed by atoms with E-state index in [4.69, 9.17) is 25.5 Å². The van der Waals surface area contributed by atoms with E-state index in [1.54, 1.807) is 0 Å². The summed E-state index contributed by atoms with van der Waals surface area (Å²) in [4.78, 5) is 60.5. The van der Waals surface area contributed by atoms with E-state index in [2.05, 4.69) is 5.32 Å². The SMILES string of the molecule is CC12C(=O)C(C)(C(c3ccccc3)=C1c1ccccc1)C1C(=O)N(CCNCCN)C(=O)C12.O=C(O)C(F)(F)F.O=C(O)C(F)(F)F. The average molecular weight is 672 g/mol. The molecule has 1 heterocycles. The zero-order valence-electron chi connectivity index (χ0n) is 25.0. The lowest BCUT2D eigenvalue weighted by Crippen LogP contribution is -2.43. The summed E-state index contributed by atoms with van der Waals surface area (Å²) >= 11 is 0. The molecule has 2 bridgehead atoms. The van der Waals surface area contributed by atoms with Crippen LogP contribution >= 0.6 is 0 Å². The van der Waals surface area contributed by atoms with Crippen LogP contribution < -0.4 is 11.1 Å². The van der Waals surface area contributed by atoms with Crippen LogP contribution in [-0.2, 0) is 24.0 Å². The molecule has 3 aliphatic rings. The van der Waals surface area contributed by atoms with Crippen molar-refractivity contribution in [1.82, 2.24) is 10.2 Å². The highest BCUT2D eigenvalue weighted by Crippen LogP contribution is 2.73.